The largest absolute Gasteiger partial charge is 0.399 e. The van der Waals surface area contributed by atoms with E-state index >= 15 is 0 Å². The van der Waals surface area contributed by atoms with Gasteiger partial charge in [-0.3, -0.25) is 19.5 Å². The van der Waals surface area contributed by atoms with Gasteiger partial charge in [-0.05, 0) is 36.2 Å². The number of amides is 2. The highest BCUT2D eigenvalue weighted by molar-refractivity contribution is 6.21. The number of imide groups is 1. The van der Waals surface area contributed by atoms with Crippen LogP contribution in [0, 0.1) is 0 Å². The topological polar surface area (TPSA) is 76.3 Å². The van der Waals surface area contributed by atoms with Crippen LogP contribution in [-0.4, -0.2) is 28.2 Å². The first-order valence-corrected chi connectivity index (χ1v) is 6.31. The normalized spacial score (nSPS) is 13.7. The van der Waals surface area contributed by atoms with Crippen LogP contribution in [-0.2, 0) is 6.42 Å². The Morgan fingerprint density at radius 3 is 2.65 bits per heavy atom. The Labute approximate surface area is 116 Å². The summed E-state index contributed by atoms with van der Waals surface area (Å²) in [6.07, 6.45) is 4.01. The molecule has 0 spiro atoms. The molecule has 1 aromatic carbocycles. The molecule has 2 N–H and O–H groups in total. The molecule has 3 rings (SSSR count). The van der Waals surface area contributed by atoms with Crippen LogP contribution < -0.4 is 5.73 Å². The zero-order chi connectivity index (χ0) is 14.1. The molecule has 20 heavy (non-hydrogen) atoms. The molecule has 1 aliphatic heterocycles. The van der Waals surface area contributed by atoms with Crippen LogP contribution in [0.25, 0.3) is 0 Å². The molecule has 100 valence electrons. The SMILES string of the molecule is Nc1ccc2c(c1)C(=O)N(CCc1cccnc1)C2=O. The predicted octanol–water partition coefficient (Wildman–Crippen LogP) is 1.50. The number of hydrogen-bond acceptors (Lipinski definition) is 4. The highest BCUT2D eigenvalue weighted by atomic mass is 16.2. The van der Waals surface area contributed by atoms with Crippen LogP contribution in [0.15, 0.2) is 42.7 Å². The van der Waals surface area contributed by atoms with Gasteiger partial charge in [0, 0.05) is 24.6 Å². The maximum atomic E-state index is 12.2. The monoisotopic (exact) mass is 267 g/mol. The van der Waals surface area contributed by atoms with Gasteiger partial charge in [0.2, 0.25) is 0 Å². The maximum absolute atomic E-state index is 12.2. The van der Waals surface area contributed by atoms with Crippen molar-refractivity contribution in [2.24, 2.45) is 0 Å². The molecule has 0 aliphatic carbocycles. The number of fused-ring (bicyclic) bond motifs is 1. The average Bonchev–Trinajstić information content (AvgIpc) is 2.70. The molecule has 1 aromatic heterocycles. The predicted molar refractivity (Wildman–Crippen MR) is 74.2 cm³/mol. The molecular formula is C15H13N3O2. The number of aromatic nitrogens is 1. The lowest BCUT2D eigenvalue weighted by Gasteiger charge is -2.13. The second-order valence-electron chi connectivity index (χ2n) is 4.68. The first kappa shape index (κ1) is 12.3. The minimum absolute atomic E-state index is 0.256. The summed E-state index contributed by atoms with van der Waals surface area (Å²) in [5, 5.41) is 0. The van der Waals surface area contributed by atoms with Gasteiger partial charge in [-0.25, -0.2) is 0 Å². The molecule has 0 saturated carbocycles. The van der Waals surface area contributed by atoms with Crippen molar-refractivity contribution in [2.45, 2.75) is 6.42 Å². The Balaban J connectivity index is 1.80. The van der Waals surface area contributed by atoms with Gasteiger partial charge in [0.05, 0.1) is 11.1 Å². The summed E-state index contributed by atoms with van der Waals surface area (Å²) in [6, 6.07) is 8.55. The van der Waals surface area contributed by atoms with Crippen molar-refractivity contribution in [1.29, 1.82) is 0 Å². The van der Waals surface area contributed by atoms with E-state index in [9.17, 15) is 9.59 Å². The van der Waals surface area contributed by atoms with E-state index in [-0.39, 0.29) is 11.8 Å². The van der Waals surface area contributed by atoms with E-state index in [0.717, 1.165) is 5.56 Å². The van der Waals surface area contributed by atoms with Crippen molar-refractivity contribution in [2.75, 3.05) is 12.3 Å². The van der Waals surface area contributed by atoms with Crippen LogP contribution in [0.3, 0.4) is 0 Å². The zero-order valence-electron chi connectivity index (χ0n) is 10.7. The summed E-state index contributed by atoms with van der Waals surface area (Å²) < 4.78 is 0. The van der Waals surface area contributed by atoms with Gasteiger partial charge >= 0.3 is 0 Å². The Kier molecular flexibility index (Phi) is 2.95. The molecular weight excluding hydrogens is 254 g/mol. The number of nitrogens with zero attached hydrogens (tertiary/aromatic N) is 2. The molecule has 0 fully saturated rings. The quantitative estimate of drug-likeness (QED) is 0.675. The van der Waals surface area contributed by atoms with Crippen molar-refractivity contribution >= 4 is 17.5 Å². The first-order chi connectivity index (χ1) is 9.66. The van der Waals surface area contributed by atoms with Crippen molar-refractivity contribution < 1.29 is 9.59 Å². The number of hydrogen-bond donors (Lipinski definition) is 1. The molecule has 5 heteroatoms. The number of pyridine rings is 1. The van der Waals surface area contributed by atoms with Gasteiger partial charge in [0.25, 0.3) is 11.8 Å². The van der Waals surface area contributed by atoms with E-state index in [2.05, 4.69) is 4.98 Å². The van der Waals surface area contributed by atoms with Crippen LogP contribution in [0.2, 0.25) is 0 Å². The van der Waals surface area contributed by atoms with Crippen LogP contribution in [0.5, 0.6) is 0 Å². The molecule has 0 unspecified atom stereocenters. The number of nitrogen functional groups attached to an aromatic ring is 1. The second-order valence-corrected chi connectivity index (χ2v) is 4.68. The number of nitrogens with two attached hydrogens (primary N) is 1. The second kappa shape index (κ2) is 4.77. The third-order valence-electron chi connectivity index (χ3n) is 3.34. The number of carbonyl (C=O) groups is 2. The Morgan fingerprint density at radius 1 is 1.10 bits per heavy atom. The fourth-order valence-electron chi connectivity index (χ4n) is 2.30. The van der Waals surface area contributed by atoms with Crippen molar-refractivity contribution in [3.63, 3.8) is 0 Å². The lowest BCUT2D eigenvalue weighted by Crippen LogP contribution is -2.31. The minimum atomic E-state index is -0.277. The van der Waals surface area contributed by atoms with E-state index in [1.807, 2.05) is 12.1 Å². The summed E-state index contributed by atoms with van der Waals surface area (Å²) in [6.45, 7) is 0.345. The zero-order valence-corrected chi connectivity index (χ0v) is 10.7. The van der Waals surface area contributed by atoms with Crippen molar-refractivity contribution in [1.82, 2.24) is 9.88 Å². The molecule has 2 amide bonds. The fraction of sp³-hybridized carbons (Fsp3) is 0.133. The van der Waals surface area contributed by atoms with Gasteiger partial charge in [-0.1, -0.05) is 6.07 Å². The molecule has 0 saturated heterocycles. The van der Waals surface area contributed by atoms with Crippen molar-refractivity contribution in [3.05, 3.63) is 59.4 Å². The van der Waals surface area contributed by atoms with E-state index in [4.69, 9.17) is 5.73 Å². The number of carbonyl (C=O) groups excluding carboxylic acids is 2. The average molecular weight is 267 g/mol. The summed E-state index contributed by atoms with van der Waals surface area (Å²) in [4.78, 5) is 29.7. The number of benzene rings is 1. The fourth-order valence-corrected chi connectivity index (χ4v) is 2.30. The highest BCUT2D eigenvalue weighted by Gasteiger charge is 2.35. The Morgan fingerprint density at radius 2 is 1.90 bits per heavy atom. The summed E-state index contributed by atoms with van der Waals surface area (Å²) >= 11 is 0. The maximum Gasteiger partial charge on any atom is 0.261 e. The standard InChI is InChI=1S/C15H13N3O2/c16-11-3-4-12-13(8-11)15(20)18(14(12)19)7-5-10-2-1-6-17-9-10/h1-4,6,8-9H,5,7,16H2. The molecule has 1 aliphatic rings. The van der Waals surface area contributed by atoms with E-state index < -0.39 is 0 Å². The Bertz CT molecular complexity index is 683. The van der Waals surface area contributed by atoms with Crippen LogP contribution in [0.1, 0.15) is 26.3 Å². The van der Waals surface area contributed by atoms with Crippen LogP contribution >= 0.6 is 0 Å². The third kappa shape index (κ3) is 2.03. The molecule has 2 aromatic rings. The van der Waals surface area contributed by atoms with E-state index in [1.165, 1.54) is 4.90 Å². The summed E-state index contributed by atoms with van der Waals surface area (Å²) in [5.74, 6) is -0.532. The van der Waals surface area contributed by atoms with Crippen molar-refractivity contribution in [3.8, 4) is 0 Å². The molecule has 0 bridgehead atoms. The van der Waals surface area contributed by atoms with Gasteiger partial charge in [0.15, 0.2) is 0 Å². The Hall–Kier alpha value is -2.69. The highest BCUT2D eigenvalue weighted by Crippen LogP contribution is 2.24. The molecule has 0 atom stereocenters. The molecule has 2 heterocycles. The summed E-state index contributed by atoms with van der Waals surface area (Å²) in [5.41, 5.74) is 7.95. The van der Waals surface area contributed by atoms with Crippen LogP contribution in [0.4, 0.5) is 5.69 Å². The molecule has 0 radical (unpaired) electrons. The minimum Gasteiger partial charge on any atom is -0.399 e. The number of rotatable bonds is 3. The smallest absolute Gasteiger partial charge is 0.261 e. The van der Waals surface area contributed by atoms with E-state index in [0.29, 0.717) is 29.8 Å². The van der Waals surface area contributed by atoms with Gasteiger partial charge in [-0.2, -0.15) is 0 Å². The van der Waals surface area contributed by atoms with E-state index in [1.54, 1.807) is 30.6 Å². The lowest BCUT2D eigenvalue weighted by molar-refractivity contribution is 0.0656. The molecule has 5 nitrogen and oxygen atoms in total. The summed E-state index contributed by atoms with van der Waals surface area (Å²) in [7, 11) is 0. The first-order valence-electron chi connectivity index (χ1n) is 6.31. The van der Waals surface area contributed by atoms with Gasteiger partial charge in [-0.15, -0.1) is 0 Å². The number of anilines is 1. The van der Waals surface area contributed by atoms with Gasteiger partial charge in [0.1, 0.15) is 0 Å². The van der Waals surface area contributed by atoms with Gasteiger partial charge < -0.3 is 5.73 Å². The third-order valence-corrected chi connectivity index (χ3v) is 3.34. The lowest BCUT2D eigenvalue weighted by atomic mass is 10.1.